The molecule has 5 heteroatoms. The first-order valence-electron chi connectivity index (χ1n) is 11.6. The molecule has 3 rings (SSSR count). The minimum Gasteiger partial charge on any atom is -0.462 e. The second-order valence-electron chi connectivity index (χ2n) is 9.51. The zero-order chi connectivity index (χ0) is 20.2. The van der Waals surface area contributed by atoms with Crippen LogP contribution in [0.3, 0.4) is 0 Å². The van der Waals surface area contributed by atoms with Gasteiger partial charge in [0.1, 0.15) is 19.0 Å². The molecule has 6 atom stereocenters. The fourth-order valence-electron chi connectivity index (χ4n) is 5.91. The van der Waals surface area contributed by atoms with E-state index >= 15 is 0 Å². The lowest BCUT2D eigenvalue weighted by Crippen LogP contribution is -2.40. The van der Waals surface area contributed by atoms with E-state index in [0.717, 1.165) is 25.7 Å². The average molecular weight is 390 g/mol. The van der Waals surface area contributed by atoms with Gasteiger partial charge in [0.15, 0.2) is 0 Å². The summed E-state index contributed by atoms with van der Waals surface area (Å²) in [5.74, 6) is 1.87. The molecule has 3 aliphatic rings. The van der Waals surface area contributed by atoms with Gasteiger partial charge in [0.05, 0.1) is 19.8 Å². The van der Waals surface area contributed by atoms with Gasteiger partial charge in [-0.15, -0.1) is 0 Å². The lowest BCUT2D eigenvalue weighted by molar-refractivity contribution is -0.149. The van der Waals surface area contributed by atoms with Gasteiger partial charge in [0, 0.05) is 12.0 Å². The van der Waals surface area contributed by atoms with Crippen molar-refractivity contribution in [3.63, 3.8) is 0 Å². The molecule has 1 saturated heterocycles. The molecular weight excluding hydrogens is 351 g/mol. The Kier molecular flexibility index (Phi) is 7.30. The number of carbonyl (C=O) groups excluding carboxylic acids is 1. The van der Waals surface area contributed by atoms with Crippen molar-refractivity contribution in [3.05, 3.63) is 12.7 Å². The summed E-state index contributed by atoms with van der Waals surface area (Å²) in [6, 6.07) is 0. The molecule has 0 N–H and O–H groups in total. The SMILES string of the molecule is BCCC[C@H](C)[C@H](C)C[C@@]12OCCOC13CCCCC(COC(=O)C=C)CC32. The van der Waals surface area contributed by atoms with Crippen LogP contribution in [0, 0.1) is 23.7 Å². The van der Waals surface area contributed by atoms with Crippen LogP contribution in [-0.4, -0.2) is 44.8 Å². The van der Waals surface area contributed by atoms with E-state index in [-0.39, 0.29) is 17.2 Å². The molecule has 1 aliphatic heterocycles. The third-order valence-corrected chi connectivity index (χ3v) is 7.78. The van der Waals surface area contributed by atoms with Gasteiger partial charge in [-0.25, -0.2) is 4.79 Å². The summed E-state index contributed by atoms with van der Waals surface area (Å²) in [4.78, 5) is 11.5. The summed E-state index contributed by atoms with van der Waals surface area (Å²) < 4.78 is 18.5. The standard InChI is InChI=1S/C23H39BO4/c1-4-21(25)26-16-19-9-5-6-10-22-20(14-19)23(22,28-13-12-27-22)15-18(3)17(2)8-7-11-24/h4,17-20H,1,5-16,24H2,2-3H3/t17-,18+,19?,20?,22?,23-/m0/s1. The fourth-order valence-corrected chi connectivity index (χ4v) is 5.91. The lowest BCUT2D eigenvalue weighted by atomic mass is 9.83. The van der Waals surface area contributed by atoms with E-state index in [4.69, 9.17) is 14.2 Å². The summed E-state index contributed by atoms with van der Waals surface area (Å²) in [7, 11) is 2.27. The quantitative estimate of drug-likeness (QED) is 0.340. The Morgan fingerprint density at radius 3 is 2.82 bits per heavy atom. The highest BCUT2D eigenvalue weighted by Crippen LogP contribution is 2.69. The monoisotopic (exact) mass is 390 g/mol. The van der Waals surface area contributed by atoms with Crippen molar-refractivity contribution >= 4 is 13.8 Å². The molecule has 28 heavy (non-hydrogen) atoms. The normalized spacial score (nSPS) is 36.8. The highest BCUT2D eigenvalue weighted by atomic mass is 16.6. The van der Waals surface area contributed by atoms with Crippen LogP contribution in [0.25, 0.3) is 0 Å². The van der Waals surface area contributed by atoms with Crippen molar-refractivity contribution in [1.82, 2.24) is 0 Å². The van der Waals surface area contributed by atoms with Crippen molar-refractivity contribution in [2.24, 2.45) is 23.7 Å². The van der Waals surface area contributed by atoms with Crippen molar-refractivity contribution in [2.45, 2.75) is 82.7 Å². The van der Waals surface area contributed by atoms with Gasteiger partial charge < -0.3 is 14.2 Å². The first-order chi connectivity index (χ1) is 13.5. The van der Waals surface area contributed by atoms with E-state index in [1.54, 1.807) is 0 Å². The predicted octanol–water partition coefficient (Wildman–Crippen LogP) is 3.94. The maximum absolute atomic E-state index is 11.5. The lowest BCUT2D eigenvalue weighted by Gasteiger charge is -2.34. The summed E-state index contributed by atoms with van der Waals surface area (Å²) in [6.07, 6.45) is 11.9. The Morgan fingerprint density at radius 2 is 2.07 bits per heavy atom. The molecule has 3 fully saturated rings. The van der Waals surface area contributed by atoms with Crippen LogP contribution in [0.15, 0.2) is 12.7 Å². The molecule has 0 radical (unpaired) electrons. The second kappa shape index (κ2) is 9.34. The summed E-state index contributed by atoms with van der Waals surface area (Å²) in [6.45, 7) is 10.2. The molecule has 0 aromatic heterocycles. The Morgan fingerprint density at radius 1 is 1.29 bits per heavy atom. The van der Waals surface area contributed by atoms with Crippen LogP contribution in [0.5, 0.6) is 0 Å². The van der Waals surface area contributed by atoms with Gasteiger partial charge in [-0.05, 0) is 43.4 Å². The fraction of sp³-hybridized carbons (Fsp3) is 0.870. The Hall–Kier alpha value is -0.805. The largest absolute Gasteiger partial charge is 0.462 e. The van der Waals surface area contributed by atoms with Crippen molar-refractivity contribution < 1.29 is 19.0 Å². The minimum atomic E-state index is -0.314. The molecule has 0 amide bonds. The molecule has 1 spiro atoms. The molecule has 3 unspecified atom stereocenters. The number of carbonyl (C=O) groups is 1. The molecule has 0 aromatic rings. The third-order valence-electron chi connectivity index (χ3n) is 7.78. The maximum atomic E-state index is 11.5. The van der Waals surface area contributed by atoms with E-state index < -0.39 is 0 Å². The number of ether oxygens (including phenoxy) is 3. The molecule has 0 bridgehead atoms. The van der Waals surface area contributed by atoms with Crippen LogP contribution in [0.4, 0.5) is 0 Å². The number of rotatable bonds is 9. The zero-order valence-corrected chi connectivity index (χ0v) is 18.2. The Bertz CT molecular complexity index is 553. The molecule has 2 saturated carbocycles. The van der Waals surface area contributed by atoms with Crippen LogP contribution in [0.1, 0.15) is 65.2 Å². The second-order valence-corrected chi connectivity index (χ2v) is 9.51. The van der Waals surface area contributed by atoms with E-state index in [9.17, 15) is 4.79 Å². The molecule has 1 heterocycles. The maximum Gasteiger partial charge on any atom is 0.330 e. The average Bonchev–Trinajstić information content (AvgIpc) is 3.23. The van der Waals surface area contributed by atoms with Crippen LogP contribution >= 0.6 is 0 Å². The van der Waals surface area contributed by atoms with Gasteiger partial charge in [-0.3, -0.25) is 0 Å². The molecule has 0 aromatic carbocycles. The van der Waals surface area contributed by atoms with Crippen LogP contribution in [0.2, 0.25) is 6.32 Å². The highest BCUT2D eigenvalue weighted by molar-refractivity contribution is 6.08. The van der Waals surface area contributed by atoms with Crippen LogP contribution < -0.4 is 0 Å². The van der Waals surface area contributed by atoms with Crippen molar-refractivity contribution in [3.8, 4) is 0 Å². The van der Waals surface area contributed by atoms with E-state index in [0.29, 0.717) is 43.5 Å². The van der Waals surface area contributed by atoms with Gasteiger partial charge in [0.25, 0.3) is 0 Å². The van der Waals surface area contributed by atoms with Gasteiger partial charge in [-0.1, -0.05) is 52.4 Å². The van der Waals surface area contributed by atoms with Gasteiger partial charge >= 0.3 is 5.97 Å². The number of hydrogen-bond donors (Lipinski definition) is 0. The first kappa shape index (κ1) is 21.9. The van der Waals surface area contributed by atoms with Gasteiger partial charge in [0.2, 0.25) is 0 Å². The summed E-state index contributed by atoms with van der Waals surface area (Å²) >= 11 is 0. The predicted molar refractivity (Wildman–Crippen MR) is 114 cm³/mol. The van der Waals surface area contributed by atoms with E-state index in [2.05, 4.69) is 28.3 Å². The van der Waals surface area contributed by atoms with E-state index in [1.807, 2.05) is 0 Å². The molecule has 158 valence electrons. The topological polar surface area (TPSA) is 44.8 Å². The Balaban J connectivity index is 1.70. The number of hydrogen-bond acceptors (Lipinski definition) is 4. The van der Waals surface area contributed by atoms with Crippen molar-refractivity contribution in [1.29, 1.82) is 0 Å². The minimum absolute atomic E-state index is 0.0922. The molecule has 4 nitrogen and oxygen atoms in total. The smallest absolute Gasteiger partial charge is 0.330 e. The molecule has 2 aliphatic carbocycles. The first-order valence-corrected chi connectivity index (χ1v) is 11.6. The Labute approximate surface area is 172 Å². The summed E-state index contributed by atoms with van der Waals surface area (Å²) in [5, 5.41) is 0. The van der Waals surface area contributed by atoms with Gasteiger partial charge in [-0.2, -0.15) is 0 Å². The van der Waals surface area contributed by atoms with Crippen molar-refractivity contribution in [2.75, 3.05) is 19.8 Å². The van der Waals surface area contributed by atoms with Crippen LogP contribution in [-0.2, 0) is 19.0 Å². The zero-order valence-electron chi connectivity index (χ0n) is 18.2. The number of esters is 1. The highest BCUT2D eigenvalue weighted by Gasteiger charge is 2.79. The van der Waals surface area contributed by atoms with E-state index in [1.165, 1.54) is 38.1 Å². The third kappa shape index (κ3) is 4.21. The molecular formula is C23H39BO4. The number of fused-ring (bicyclic) bond motifs is 1. The summed E-state index contributed by atoms with van der Waals surface area (Å²) in [5.41, 5.74) is -0.207.